The van der Waals surface area contributed by atoms with Crippen molar-refractivity contribution in [3.63, 3.8) is 0 Å². The van der Waals surface area contributed by atoms with Crippen LogP contribution in [0.2, 0.25) is 5.02 Å². The molecule has 4 rings (SSSR count). The summed E-state index contributed by atoms with van der Waals surface area (Å²) in [7, 11) is -0.962. The minimum atomic E-state index is -4.04. The molecule has 1 aromatic heterocycles. The lowest BCUT2D eigenvalue weighted by Gasteiger charge is -2.27. The summed E-state index contributed by atoms with van der Waals surface area (Å²) in [6.07, 6.45) is 1.20. The highest BCUT2D eigenvalue weighted by Crippen LogP contribution is 2.39. The molecule has 0 bridgehead atoms. The van der Waals surface area contributed by atoms with E-state index < -0.39 is 28.3 Å². The minimum Gasteiger partial charge on any atom is -0.497 e. The molecule has 38 heavy (non-hydrogen) atoms. The molecule has 1 N–H and O–H groups in total. The van der Waals surface area contributed by atoms with E-state index in [9.17, 15) is 22.0 Å². The van der Waals surface area contributed by atoms with Gasteiger partial charge >= 0.3 is 0 Å². The number of sulfonamides is 1. The number of fused-ring (bicyclic) bond motifs is 1. The van der Waals surface area contributed by atoms with Gasteiger partial charge in [-0.3, -0.25) is 13.5 Å². The molecule has 0 radical (unpaired) electrons. The summed E-state index contributed by atoms with van der Waals surface area (Å²) in [5.41, 5.74) is 0.977. The fraction of sp³-hybridized carbons (Fsp3) is 0.231. The molecule has 4 aromatic rings. The Morgan fingerprint density at radius 2 is 1.87 bits per heavy atom. The summed E-state index contributed by atoms with van der Waals surface area (Å²) < 4.78 is 61.9. The van der Waals surface area contributed by atoms with Crippen LogP contribution in [-0.4, -0.2) is 37.5 Å². The van der Waals surface area contributed by atoms with E-state index >= 15 is 0 Å². The van der Waals surface area contributed by atoms with Crippen molar-refractivity contribution in [2.24, 2.45) is 7.05 Å². The van der Waals surface area contributed by atoms with Crippen LogP contribution >= 0.6 is 11.6 Å². The van der Waals surface area contributed by atoms with Gasteiger partial charge in [-0.15, -0.1) is 0 Å². The van der Waals surface area contributed by atoms with E-state index in [1.807, 2.05) is 0 Å². The number of aryl methyl sites for hydroxylation is 1. The van der Waals surface area contributed by atoms with Gasteiger partial charge in [-0.25, -0.2) is 17.8 Å². The molecule has 0 saturated carbocycles. The lowest BCUT2D eigenvalue weighted by atomic mass is 10.2. The molecular formula is C26H25ClF2N4O4S. The molecule has 0 fully saturated rings. The molecule has 12 heteroatoms. The Morgan fingerprint density at radius 3 is 2.55 bits per heavy atom. The number of nitrogens with one attached hydrogen (secondary N) is 1. The molecule has 0 amide bonds. The largest absolute Gasteiger partial charge is 0.497 e. The summed E-state index contributed by atoms with van der Waals surface area (Å²) in [5.74, 6) is -0.604. The van der Waals surface area contributed by atoms with Crippen LogP contribution in [-0.2, 0) is 23.6 Å². The predicted molar refractivity (Wildman–Crippen MR) is 145 cm³/mol. The van der Waals surface area contributed by atoms with Crippen LogP contribution in [0.1, 0.15) is 12.0 Å². The molecule has 8 nitrogen and oxygen atoms in total. The second-order valence-corrected chi connectivity index (χ2v) is 10.9. The lowest BCUT2D eigenvalue weighted by molar-refractivity contribution is 0.414. The highest BCUT2D eigenvalue weighted by Gasteiger charge is 2.27. The molecule has 0 atom stereocenters. The summed E-state index contributed by atoms with van der Waals surface area (Å²) in [6.45, 7) is -0.934. The second kappa shape index (κ2) is 11.4. The number of rotatable bonds is 10. The zero-order chi connectivity index (χ0) is 27.4. The van der Waals surface area contributed by atoms with Gasteiger partial charge in [0.2, 0.25) is 10.0 Å². The number of methoxy groups -OCH3 is 1. The van der Waals surface area contributed by atoms with E-state index in [1.54, 1.807) is 43.4 Å². The lowest BCUT2D eigenvalue weighted by Crippen LogP contribution is -2.33. The Balaban J connectivity index is 1.76. The molecule has 0 aliphatic heterocycles. The number of aromatic nitrogens is 2. The summed E-state index contributed by atoms with van der Waals surface area (Å²) in [6, 6.07) is 13.8. The summed E-state index contributed by atoms with van der Waals surface area (Å²) in [5, 5.41) is 2.98. The van der Waals surface area contributed by atoms with Crippen LogP contribution in [0.5, 0.6) is 5.75 Å². The maximum Gasteiger partial charge on any atom is 0.260 e. The Hall–Kier alpha value is -3.70. The van der Waals surface area contributed by atoms with E-state index in [1.165, 1.54) is 30.1 Å². The SMILES string of the molecule is COc1ccc(CN(c2ccc(F)c(Nc3ccc4ncn(C)c(=O)c4c3)c2Cl)S(=O)(=O)CCCF)cc1. The molecular weight excluding hydrogens is 538 g/mol. The molecule has 0 unspecified atom stereocenters. The Morgan fingerprint density at radius 1 is 1.13 bits per heavy atom. The predicted octanol–water partition coefficient (Wildman–Crippen LogP) is 5.17. The maximum atomic E-state index is 15.0. The summed E-state index contributed by atoms with van der Waals surface area (Å²) in [4.78, 5) is 16.7. The van der Waals surface area contributed by atoms with Crippen LogP contribution < -0.4 is 19.9 Å². The number of nitrogens with zero attached hydrogens (tertiary/aromatic N) is 3. The van der Waals surface area contributed by atoms with Gasteiger partial charge in [0, 0.05) is 12.7 Å². The average molecular weight is 563 g/mol. The van der Waals surface area contributed by atoms with Crippen LogP contribution in [0.4, 0.5) is 25.8 Å². The van der Waals surface area contributed by atoms with E-state index in [4.69, 9.17) is 16.3 Å². The third-order valence-electron chi connectivity index (χ3n) is 5.88. The van der Waals surface area contributed by atoms with Gasteiger partial charge in [0.1, 0.15) is 11.6 Å². The maximum absolute atomic E-state index is 15.0. The quantitative estimate of drug-likeness (QED) is 0.286. The normalized spacial score (nSPS) is 11.5. The third kappa shape index (κ3) is 5.73. The van der Waals surface area contributed by atoms with Crippen LogP contribution in [0.15, 0.2) is 65.7 Å². The molecule has 200 valence electrons. The van der Waals surface area contributed by atoms with Gasteiger partial charge < -0.3 is 14.6 Å². The molecule has 0 aliphatic rings. The first-order chi connectivity index (χ1) is 18.1. The second-order valence-electron chi connectivity index (χ2n) is 8.49. The minimum absolute atomic E-state index is 0.0172. The van der Waals surface area contributed by atoms with Gasteiger partial charge in [0.15, 0.2) is 0 Å². The first kappa shape index (κ1) is 27.3. The van der Waals surface area contributed by atoms with Gasteiger partial charge in [-0.05, 0) is 54.4 Å². The summed E-state index contributed by atoms with van der Waals surface area (Å²) >= 11 is 6.61. The fourth-order valence-electron chi connectivity index (χ4n) is 3.86. The highest BCUT2D eigenvalue weighted by atomic mass is 35.5. The number of hydrogen-bond donors (Lipinski definition) is 1. The molecule has 0 aliphatic carbocycles. The van der Waals surface area contributed by atoms with Crippen molar-refractivity contribution in [2.45, 2.75) is 13.0 Å². The molecule has 0 saturated heterocycles. The van der Waals surface area contributed by atoms with Crippen molar-refractivity contribution in [3.05, 3.63) is 87.7 Å². The highest BCUT2D eigenvalue weighted by molar-refractivity contribution is 7.92. The topological polar surface area (TPSA) is 93.5 Å². The average Bonchev–Trinajstić information content (AvgIpc) is 2.91. The first-order valence-electron chi connectivity index (χ1n) is 11.5. The van der Waals surface area contributed by atoms with E-state index in [0.29, 0.717) is 27.9 Å². The molecule has 3 aromatic carbocycles. The Kier molecular flexibility index (Phi) is 8.17. The third-order valence-corrected chi connectivity index (χ3v) is 8.07. The van der Waals surface area contributed by atoms with Crippen molar-refractivity contribution >= 4 is 49.6 Å². The van der Waals surface area contributed by atoms with Crippen LogP contribution in [0, 0.1) is 5.82 Å². The smallest absolute Gasteiger partial charge is 0.260 e. The fourth-order valence-corrected chi connectivity index (χ4v) is 5.70. The van der Waals surface area contributed by atoms with E-state index in [0.717, 1.165) is 10.4 Å². The van der Waals surface area contributed by atoms with Crippen LogP contribution in [0.25, 0.3) is 10.9 Å². The number of ether oxygens (including phenoxy) is 1. The number of anilines is 3. The van der Waals surface area contributed by atoms with Gasteiger partial charge in [-0.2, -0.15) is 0 Å². The zero-order valence-electron chi connectivity index (χ0n) is 20.6. The number of alkyl halides is 1. The Bertz CT molecular complexity index is 1630. The number of hydrogen-bond acceptors (Lipinski definition) is 6. The van der Waals surface area contributed by atoms with Crippen molar-refractivity contribution in [3.8, 4) is 5.75 Å². The van der Waals surface area contributed by atoms with Crippen molar-refractivity contribution < 1.29 is 21.9 Å². The van der Waals surface area contributed by atoms with Gasteiger partial charge in [0.05, 0.1) is 59.7 Å². The Labute approximate surface area is 223 Å². The number of benzene rings is 3. The van der Waals surface area contributed by atoms with E-state index in [2.05, 4.69) is 10.3 Å². The monoisotopic (exact) mass is 562 g/mol. The first-order valence-corrected chi connectivity index (χ1v) is 13.5. The zero-order valence-corrected chi connectivity index (χ0v) is 22.2. The molecule has 0 spiro atoms. The van der Waals surface area contributed by atoms with Crippen LogP contribution in [0.3, 0.4) is 0 Å². The molecule has 1 heterocycles. The van der Waals surface area contributed by atoms with E-state index in [-0.39, 0.29) is 34.9 Å². The number of halogens is 3. The van der Waals surface area contributed by atoms with Crippen molar-refractivity contribution in [2.75, 3.05) is 29.2 Å². The van der Waals surface area contributed by atoms with Crippen molar-refractivity contribution in [1.29, 1.82) is 0 Å². The van der Waals surface area contributed by atoms with Crippen molar-refractivity contribution in [1.82, 2.24) is 9.55 Å². The van der Waals surface area contributed by atoms with Gasteiger partial charge in [-0.1, -0.05) is 23.7 Å². The van der Waals surface area contributed by atoms with Gasteiger partial charge in [0.25, 0.3) is 5.56 Å². The standard InChI is InChI=1S/C26H25ClF2N4O4S/c1-32-16-30-22-10-6-18(14-20(22)26(32)34)31-25-21(29)9-11-23(24(25)27)33(38(35,36)13-3-12-28)15-17-4-7-19(37-2)8-5-17/h4-11,14,16,31H,3,12-13,15H2,1-2H3.